The Morgan fingerprint density at radius 3 is 2.38 bits per heavy atom. The quantitative estimate of drug-likeness (QED) is 0.754. The fourth-order valence-corrected chi connectivity index (χ4v) is 1.50. The van der Waals surface area contributed by atoms with Crippen LogP contribution in [0.1, 0.15) is 13.8 Å². The molecule has 2 N–H and O–H groups in total. The lowest BCUT2D eigenvalue weighted by Crippen LogP contribution is -2.43. The fraction of sp³-hybridized carbons (Fsp3) is 1.00. The predicted molar refractivity (Wildman–Crippen MR) is 60.2 cm³/mol. The van der Waals surface area contributed by atoms with Crippen molar-refractivity contribution in [3.63, 3.8) is 0 Å². The van der Waals surface area contributed by atoms with Gasteiger partial charge in [-0.25, -0.2) is 0 Å². The first kappa shape index (κ1) is 15.9. The molecule has 0 amide bonds. The molecule has 1 rings (SSSR count). The number of rotatable bonds is 3. The van der Waals surface area contributed by atoms with Gasteiger partial charge in [-0.3, -0.25) is 0 Å². The molecule has 0 spiro atoms. The largest absolute Gasteiger partial charge is 0.378 e. The Hall–Kier alpha value is 0.460. The van der Waals surface area contributed by atoms with Gasteiger partial charge in [-0.15, -0.1) is 24.8 Å². The lowest BCUT2D eigenvalue weighted by atomic mass is 10.2. The van der Waals surface area contributed by atoms with Crippen molar-refractivity contribution < 1.29 is 4.74 Å². The van der Waals surface area contributed by atoms with Crippen LogP contribution in [0.2, 0.25) is 0 Å². The van der Waals surface area contributed by atoms with E-state index in [1.165, 1.54) is 0 Å². The van der Waals surface area contributed by atoms with Gasteiger partial charge in [0.25, 0.3) is 0 Å². The lowest BCUT2D eigenvalue weighted by Gasteiger charge is -2.20. The standard InChI is InChI=1S/C8H18N2O.2ClH/c1-6(2)10-7-4-9-5-8(7)11-3;;/h6-10H,4-5H2,1-3H3;2*1H. The summed E-state index contributed by atoms with van der Waals surface area (Å²) in [6, 6.07) is 1.03. The summed E-state index contributed by atoms with van der Waals surface area (Å²) in [6.45, 7) is 6.31. The molecule has 2 atom stereocenters. The van der Waals surface area contributed by atoms with Crippen molar-refractivity contribution >= 4 is 24.8 Å². The maximum Gasteiger partial charge on any atom is 0.0860 e. The molecular weight excluding hydrogens is 211 g/mol. The Morgan fingerprint density at radius 2 is 1.92 bits per heavy atom. The second-order valence-corrected chi connectivity index (χ2v) is 3.36. The molecule has 0 aliphatic carbocycles. The van der Waals surface area contributed by atoms with E-state index >= 15 is 0 Å². The highest BCUT2D eigenvalue weighted by molar-refractivity contribution is 5.85. The monoisotopic (exact) mass is 230 g/mol. The molecule has 3 nitrogen and oxygen atoms in total. The zero-order valence-electron chi connectivity index (χ0n) is 8.37. The van der Waals surface area contributed by atoms with Crippen LogP contribution in [-0.2, 0) is 4.74 Å². The van der Waals surface area contributed by atoms with Crippen molar-refractivity contribution in [2.45, 2.75) is 32.0 Å². The molecule has 1 aliphatic rings. The summed E-state index contributed by atoms with van der Waals surface area (Å²) in [7, 11) is 1.77. The molecule has 0 bridgehead atoms. The molecule has 1 fully saturated rings. The Labute approximate surface area is 92.8 Å². The van der Waals surface area contributed by atoms with Crippen LogP contribution in [0.3, 0.4) is 0 Å². The first-order valence-corrected chi connectivity index (χ1v) is 4.23. The van der Waals surface area contributed by atoms with E-state index in [2.05, 4.69) is 24.5 Å². The van der Waals surface area contributed by atoms with E-state index in [4.69, 9.17) is 4.74 Å². The molecule has 13 heavy (non-hydrogen) atoms. The molecule has 82 valence electrons. The highest BCUT2D eigenvalue weighted by Gasteiger charge is 2.26. The summed E-state index contributed by atoms with van der Waals surface area (Å²) in [6.07, 6.45) is 0.345. The minimum absolute atomic E-state index is 0. The average molecular weight is 231 g/mol. The molecule has 2 unspecified atom stereocenters. The Kier molecular flexibility index (Phi) is 9.58. The highest BCUT2D eigenvalue weighted by atomic mass is 35.5. The van der Waals surface area contributed by atoms with E-state index in [0.29, 0.717) is 18.2 Å². The van der Waals surface area contributed by atoms with Gasteiger partial charge in [0.15, 0.2) is 0 Å². The number of halogens is 2. The van der Waals surface area contributed by atoms with E-state index in [1.54, 1.807) is 7.11 Å². The second kappa shape index (κ2) is 7.83. The van der Waals surface area contributed by atoms with Gasteiger partial charge < -0.3 is 15.4 Å². The number of hydrogen-bond acceptors (Lipinski definition) is 3. The third-order valence-electron chi connectivity index (χ3n) is 2.01. The summed E-state index contributed by atoms with van der Waals surface area (Å²) in [5, 5.41) is 6.75. The number of nitrogens with one attached hydrogen (secondary N) is 2. The smallest absolute Gasteiger partial charge is 0.0860 e. The minimum atomic E-state index is 0. The zero-order chi connectivity index (χ0) is 8.27. The lowest BCUT2D eigenvalue weighted by molar-refractivity contribution is 0.0938. The second-order valence-electron chi connectivity index (χ2n) is 3.36. The molecule has 1 aliphatic heterocycles. The van der Waals surface area contributed by atoms with Crippen molar-refractivity contribution in [2.24, 2.45) is 0 Å². The molecular formula is C8H20Cl2N2O. The molecule has 1 saturated heterocycles. The topological polar surface area (TPSA) is 33.3 Å². The number of ether oxygens (including phenoxy) is 1. The van der Waals surface area contributed by atoms with E-state index < -0.39 is 0 Å². The van der Waals surface area contributed by atoms with Gasteiger partial charge in [0.1, 0.15) is 0 Å². The van der Waals surface area contributed by atoms with Crippen molar-refractivity contribution in [3.05, 3.63) is 0 Å². The third-order valence-corrected chi connectivity index (χ3v) is 2.01. The Balaban J connectivity index is 0. The fourth-order valence-electron chi connectivity index (χ4n) is 1.50. The molecule has 1 heterocycles. The van der Waals surface area contributed by atoms with Crippen LogP contribution in [0.25, 0.3) is 0 Å². The molecule has 0 aromatic heterocycles. The summed E-state index contributed by atoms with van der Waals surface area (Å²) in [5.41, 5.74) is 0. The van der Waals surface area contributed by atoms with Crippen molar-refractivity contribution in [1.82, 2.24) is 10.6 Å². The van der Waals surface area contributed by atoms with E-state index in [1.807, 2.05) is 0 Å². The number of methoxy groups -OCH3 is 1. The van der Waals surface area contributed by atoms with Gasteiger partial charge in [0.2, 0.25) is 0 Å². The maximum atomic E-state index is 5.30. The average Bonchev–Trinajstić information content (AvgIpc) is 2.34. The first-order valence-electron chi connectivity index (χ1n) is 4.23. The normalized spacial score (nSPS) is 26.8. The number of hydrogen-bond donors (Lipinski definition) is 2. The van der Waals surface area contributed by atoms with E-state index in [0.717, 1.165) is 13.1 Å². The van der Waals surface area contributed by atoms with Crippen LogP contribution < -0.4 is 10.6 Å². The summed E-state index contributed by atoms with van der Waals surface area (Å²) in [5.74, 6) is 0. The van der Waals surface area contributed by atoms with Gasteiger partial charge in [-0.05, 0) is 0 Å². The Morgan fingerprint density at radius 1 is 1.31 bits per heavy atom. The van der Waals surface area contributed by atoms with Crippen LogP contribution in [0.4, 0.5) is 0 Å². The van der Waals surface area contributed by atoms with Crippen LogP contribution in [0, 0.1) is 0 Å². The van der Waals surface area contributed by atoms with Crippen molar-refractivity contribution in [1.29, 1.82) is 0 Å². The third kappa shape index (κ3) is 5.03. The van der Waals surface area contributed by atoms with Gasteiger partial charge in [-0.2, -0.15) is 0 Å². The van der Waals surface area contributed by atoms with Gasteiger partial charge in [-0.1, -0.05) is 13.8 Å². The van der Waals surface area contributed by atoms with Crippen LogP contribution >= 0.6 is 24.8 Å². The Bertz CT molecular complexity index is 125. The van der Waals surface area contributed by atoms with Crippen LogP contribution in [-0.4, -0.2) is 38.4 Å². The summed E-state index contributed by atoms with van der Waals surface area (Å²) in [4.78, 5) is 0. The van der Waals surface area contributed by atoms with E-state index in [9.17, 15) is 0 Å². The zero-order valence-corrected chi connectivity index (χ0v) is 10.0. The predicted octanol–water partition coefficient (Wildman–Crippen LogP) is 0.815. The van der Waals surface area contributed by atoms with Crippen molar-refractivity contribution in [3.8, 4) is 0 Å². The molecule has 0 aromatic carbocycles. The first-order chi connectivity index (χ1) is 5.24. The minimum Gasteiger partial charge on any atom is -0.378 e. The summed E-state index contributed by atoms with van der Waals surface area (Å²) < 4.78 is 5.30. The molecule has 0 aromatic rings. The van der Waals surface area contributed by atoms with Crippen LogP contribution in [0.5, 0.6) is 0 Å². The van der Waals surface area contributed by atoms with Crippen molar-refractivity contribution in [2.75, 3.05) is 20.2 Å². The summed E-state index contributed by atoms with van der Waals surface area (Å²) >= 11 is 0. The molecule has 5 heteroatoms. The highest BCUT2D eigenvalue weighted by Crippen LogP contribution is 2.04. The van der Waals surface area contributed by atoms with Crippen LogP contribution in [0.15, 0.2) is 0 Å². The van der Waals surface area contributed by atoms with Gasteiger partial charge >= 0.3 is 0 Å². The maximum absolute atomic E-state index is 5.30. The SMILES string of the molecule is COC1CNCC1NC(C)C.Cl.Cl. The van der Waals surface area contributed by atoms with E-state index in [-0.39, 0.29) is 24.8 Å². The van der Waals surface area contributed by atoms with Gasteiger partial charge in [0.05, 0.1) is 6.10 Å². The van der Waals surface area contributed by atoms with Gasteiger partial charge in [0, 0.05) is 32.3 Å². The molecule has 0 radical (unpaired) electrons. The molecule has 0 saturated carbocycles.